The van der Waals surface area contributed by atoms with E-state index in [0.717, 1.165) is 33.6 Å². The molecule has 0 radical (unpaired) electrons. The van der Waals surface area contributed by atoms with Gasteiger partial charge in [-0.3, -0.25) is 4.98 Å². The zero-order valence-electron chi connectivity index (χ0n) is 16.9. The van der Waals surface area contributed by atoms with Gasteiger partial charge in [-0.1, -0.05) is 44.5 Å². The van der Waals surface area contributed by atoms with Crippen LogP contribution in [0.2, 0.25) is 0 Å². The summed E-state index contributed by atoms with van der Waals surface area (Å²) in [6, 6.07) is 18.5. The third-order valence-electron chi connectivity index (χ3n) is 4.03. The molecule has 1 aromatic heterocycles. The SMILES string of the molecule is CCC.CNCc1ccc(-c2cccc(C)n2)c(-c2ccc(C#N)c(F)c2)c1. The highest BCUT2D eigenvalue weighted by Crippen LogP contribution is 2.33. The van der Waals surface area contributed by atoms with Gasteiger partial charge in [-0.25, -0.2) is 4.39 Å². The van der Waals surface area contributed by atoms with Crippen molar-refractivity contribution in [2.45, 2.75) is 33.7 Å². The molecule has 0 saturated heterocycles. The Bertz CT molecular complexity index is 974. The lowest BCUT2D eigenvalue weighted by Gasteiger charge is -2.13. The van der Waals surface area contributed by atoms with E-state index in [4.69, 9.17) is 5.26 Å². The van der Waals surface area contributed by atoms with Crippen LogP contribution in [0.25, 0.3) is 22.4 Å². The Labute approximate surface area is 166 Å². The molecule has 0 spiro atoms. The molecular formula is C24H26FN3. The molecule has 0 amide bonds. The van der Waals surface area contributed by atoms with E-state index in [1.165, 1.54) is 18.6 Å². The van der Waals surface area contributed by atoms with Crippen LogP contribution in [0.5, 0.6) is 0 Å². The maximum atomic E-state index is 14.1. The monoisotopic (exact) mass is 375 g/mol. The number of halogens is 1. The van der Waals surface area contributed by atoms with Crippen LogP contribution in [0.1, 0.15) is 37.1 Å². The first-order valence-corrected chi connectivity index (χ1v) is 9.45. The number of aromatic nitrogens is 1. The minimum atomic E-state index is -0.512. The van der Waals surface area contributed by atoms with Crippen LogP contribution in [0.15, 0.2) is 54.6 Å². The molecule has 0 aliphatic rings. The van der Waals surface area contributed by atoms with E-state index in [1.54, 1.807) is 6.07 Å². The van der Waals surface area contributed by atoms with Crippen molar-refractivity contribution in [3.8, 4) is 28.5 Å². The molecule has 3 nitrogen and oxygen atoms in total. The molecule has 3 aromatic rings. The highest BCUT2D eigenvalue weighted by molar-refractivity contribution is 5.82. The van der Waals surface area contributed by atoms with Crippen LogP contribution in [-0.2, 0) is 6.54 Å². The first-order valence-electron chi connectivity index (χ1n) is 9.45. The molecule has 0 saturated carbocycles. The van der Waals surface area contributed by atoms with Gasteiger partial charge in [-0.15, -0.1) is 0 Å². The molecular weight excluding hydrogens is 349 g/mol. The van der Waals surface area contributed by atoms with Crippen molar-refractivity contribution in [3.05, 3.63) is 77.2 Å². The first kappa shape index (κ1) is 21.3. The lowest BCUT2D eigenvalue weighted by Crippen LogP contribution is -2.05. The van der Waals surface area contributed by atoms with E-state index in [0.29, 0.717) is 6.54 Å². The van der Waals surface area contributed by atoms with Crippen molar-refractivity contribution < 1.29 is 4.39 Å². The van der Waals surface area contributed by atoms with Crippen LogP contribution < -0.4 is 5.32 Å². The smallest absolute Gasteiger partial charge is 0.141 e. The summed E-state index contributed by atoms with van der Waals surface area (Å²) in [5.41, 5.74) is 5.48. The van der Waals surface area contributed by atoms with Crippen LogP contribution in [-0.4, -0.2) is 12.0 Å². The summed E-state index contributed by atoms with van der Waals surface area (Å²) < 4.78 is 14.1. The quantitative estimate of drug-likeness (QED) is 0.620. The summed E-state index contributed by atoms with van der Waals surface area (Å²) in [4.78, 5) is 4.60. The van der Waals surface area contributed by atoms with Crippen molar-refractivity contribution >= 4 is 0 Å². The molecule has 1 heterocycles. The molecule has 28 heavy (non-hydrogen) atoms. The molecule has 0 bridgehead atoms. The van der Waals surface area contributed by atoms with Gasteiger partial charge in [0.05, 0.1) is 11.3 Å². The van der Waals surface area contributed by atoms with Gasteiger partial charge in [0.15, 0.2) is 0 Å². The molecule has 0 aliphatic carbocycles. The summed E-state index contributed by atoms with van der Waals surface area (Å²) in [5.74, 6) is -0.512. The second kappa shape index (κ2) is 10.3. The van der Waals surface area contributed by atoms with Gasteiger partial charge in [0, 0.05) is 17.8 Å². The van der Waals surface area contributed by atoms with Crippen LogP contribution in [0.3, 0.4) is 0 Å². The predicted octanol–water partition coefficient (Wildman–Crippen LogP) is 5.87. The third-order valence-corrected chi connectivity index (χ3v) is 4.03. The molecule has 2 aromatic carbocycles. The van der Waals surface area contributed by atoms with E-state index >= 15 is 0 Å². The van der Waals surface area contributed by atoms with E-state index in [2.05, 4.69) is 24.1 Å². The second-order valence-corrected chi connectivity index (χ2v) is 6.59. The average molecular weight is 375 g/mol. The summed E-state index contributed by atoms with van der Waals surface area (Å²) in [5, 5.41) is 12.1. The molecule has 0 atom stereocenters. The maximum absolute atomic E-state index is 14.1. The fourth-order valence-corrected chi connectivity index (χ4v) is 2.83. The fourth-order valence-electron chi connectivity index (χ4n) is 2.83. The topological polar surface area (TPSA) is 48.7 Å². The third kappa shape index (κ3) is 5.25. The minimum absolute atomic E-state index is 0.0466. The van der Waals surface area contributed by atoms with Gasteiger partial charge in [0.2, 0.25) is 0 Å². The van der Waals surface area contributed by atoms with Crippen molar-refractivity contribution in [2.75, 3.05) is 7.05 Å². The van der Waals surface area contributed by atoms with Crippen molar-refractivity contribution in [3.63, 3.8) is 0 Å². The Morgan fingerprint density at radius 1 is 1.04 bits per heavy atom. The number of pyridine rings is 1. The number of hydrogen-bond donors (Lipinski definition) is 1. The van der Waals surface area contributed by atoms with Gasteiger partial charge >= 0.3 is 0 Å². The molecule has 0 unspecified atom stereocenters. The van der Waals surface area contributed by atoms with Gasteiger partial charge < -0.3 is 5.32 Å². The lowest BCUT2D eigenvalue weighted by molar-refractivity contribution is 0.624. The van der Waals surface area contributed by atoms with E-state index in [9.17, 15) is 4.39 Å². The first-order chi connectivity index (χ1) is 13.5. The van der Waals surface area contributed by atoms with Crippen LogP contribution in [0, 0.1) is 24.1 Å². The Hall–Kier alpha value is -3.03. The van der Waals surface area contributed by atoms with Crippen LogP contribution in [0.4, 0.5) is 4.39 Å². The number of nitriles is 1. The summed E-state index contributed by atoms with van der Waals surface area (Å²) in [6.45, 7) is 6.91. The Kier molecular flexibility index (Phi) is 7.86. The molecule has 4 heteroatoms. The number of nitrogens with zero attached hydrogens (tertiary/aromatic N) is 2. The average Bonchev–Trinajstić information content (AvgIpc) is 2.69. The van der Waals surface area contributed by atoms with E-state index < -0.39 is 5.82 Å². The molecule has 0 fully saturated rings. The van der Waals surface area contributed by atoms with E-state index in [1.807, 2.05) is 56.4 Å². The predicted molar refractivity (Wildman–Crippen MR) is 113 cm³/mol. The minimum Gasteiger partial charge on any atom is -0.316 e. The number of aryl methyl sites for hydroxylation is 1. The summed E-state index contributed by atoms with van der Waals surface area (Å²) in [7, 11) is 1.89. The van der Waals surface area contributed by atoms with Crippen molar-refractivity contribution in [1.82, 2.24) is 10.3 Å². The second-order valence-electron chi connectivity index (χ2n) is 6.59. The van der Waals surface area contributed by atoms with Gasteiger partial charge in [-0.2, -0.15) is 5.26 Å². The molecule has 3 rings (SSSR count). The highest BCUT2D eigenvalue weighted by atomic mass is 19.1. The number of benzene rings is 2. The zero-order valence-corrected chi connectivity index (χ0v) is 16.9. The maximum Gasteiger partial charge on any atom is 0.141 e. The van der Waals surface area contributed by atoms with Gasteiger partial charge in [0.25, 0.3) is 0 Å². The molecule has 144 valence electrons. The Morgan fingerprint density at radius 2 is 1.79 bits per heavy atom. The summed E-state index contributed by atoms with van der Waals surface area (Å²) in [6.07, 6.45) is 1.25. The normalized spacial score (nSPS) is 10.0. The fraction of sp³-hybridized carbons (Fsp3) is 0.250. The lowest BCUT2D eigenvalue weighted by atomic mass is 9.94. The van der Waals surface area contributed by atoms with Crippen molar-refractivity contribution in [2.24, 2.45) is 0 Å². The Morgan fingerprint density at radius 3 is 2.39 bits per heavy atom. The van der Waals surface area contributed by atoms with Crippen molar-refractivity contribution in [1.29, 1.82) is 5.26 Å². The highest BCUT2D eigenvalue weighted by Gasteiger charge is 2.12. The molecule has 1 N–H and O–H groups in total. The van der Waals surface area contributed by atoms with Gasteiger partial charge in [0.1, 0.15) is 11.9 Å². The van der Waals surface area contributed by atoms with Gasteiger partial charge in [-0.05, 0) is 61.0 Å². The zero-order chi connectivity index (χ0) is 20.5. The summed E-state index contributed by atoms with van der Waals surface area (Å²) >= 11 is 0. The number of nitrogens with one attached hydrogen (secondary N) is 1. The number of rotatable bonds is 4. The van der Waals surface area contributed by atoms with Crippen LogP contribution >= 0.6 is 0 Å². The Balaban J connectivity index is 0.000000878. The largest absolute Gasteiger partial charge is 0.316 e. The van der Waals surface area contributed by atoms with E-state index in [-0.39, 0.29) is 5.56 Å². The number of hydrogen-bond acceptors (Lipinski definition) is 3. The standard InChI is InChI=1S/C21H18FN3.C3H8/c1-14-4-3-5-21(25-14)18-9-6-15(13-24-2)10-19(18)16-7-8-17(12-23)20(22)11-16;1-3-2/h3-11,24H,13H2,1-2H3;3H2,1-2H3. The molecule has 0 aliphatic heterocycles.